The van der Waals surface area contributed by atoms with Gasteiger partial charge in [-0.15, -0.1) is 0 Å². The summed E-state index contributed by atoms with van der Waals surface area (Å²) < 4.78 is 13.5. The van der Waals surface area contributed by atoms with Gasteiger partial charge in [-0.1, -0.05) is 0 Å². The molecule has 0 radical (unpaired) electrons. The zero-order chi connectivity index (χ0) is 15.0. The van der Waals surface area contributed by atoms with Crippen LogP contribution in [-0.4, -0.2) is 16.5 Å². The summed E-state index contributed by atoms with van der Waals surface area (Å²) in [5.74, 6) is 0.388. The third-order valence-electron chi connectivity index (χ3n) is 3.77. The van der Waals surface area contributed by atoms with Crippen molar-refractivity contribution >= 4 is 5.95 Å². The summed E-state index contributed by atoms with van der Waals surface area (Å²) in [5.41, 5.74) is 4.28. The Kier molecular flexibility index (Phi) is 3.30. The van der Waals surface area contributed by atoms with Crippen molar-refractivity contribution in [2.24, 2.45) is 0 Å². The average molecular weight is 282 g/mol. The van der Waals surface area contributed by atoms with Crippen molar-refractivity contribution in [2.45, 2.75) is 26.8 Å². The normalized spacial score (nSPS) is 13.7. The maximum Gasteiger partial charge on any atom is 0.227 e. The molecule has 4 nitrogen and oxygen atoms in total. The van der Waals surface area contributed by atoms with Gasteiger partial charge in [0.2, 0.25) is 5.95 Å². The SMILES string of the molecule is Cc1cc(C#N)nc(N2CCc3cc(F)cc(C)c3C2)n1. The van der Waals surface area contributed by atoms with Crippen molar-refractivity contribution in [3.8, 4) is 6.07 Å². The highest BCUT2D eigenvalue weighted by Crippen LogP contribution is 2.26. The molecule has 0 N–H and O–H groups in total. The summed E-state index contributed by atoms with van der Waals surface area (Å²) in [7, 11) is 0. The van der Waals surface area contributed by atoms with E-state index in [1.54, 1.807) is 18.2 Å². The summed E-state index contributed by atoms with van der Waals surface area (Å²) in [6.45, 7) is 5.15. The smallest absolute Gasteiger partial charge is 0.227 e. The molecule has 106 valence electrons. The zero-order valence-corrected chi connectivity index (χ0v) is 12.0. The first kappa shape index (κ1) is 13.5. The lowest BCUT2D eigenvalue weighted by Gasteiger charge is -2.30. The fraction of sp³-hybridized carbons (Fsp3) is 0.312. The van der Waals surface area contributed by atoms with E-state index in [1.807, 2.05) is 18.7 Å². The van der Waals surface area contributed by atoms with E-state index in [2.05, 4.69) is 16.0 Å². The molecule has 0 spiro atoms. The molecule has 0 fully saturated rings. The Balaban J connectivity index is 1.97. The van der Waals surface area contributed by atoms with Gasteiger partial charge in [-0.3, -0.25) is 0 Å². The van der Waals surface area contributed by atoms with Crippen LogP contribution in [0.15, 0.2) is 18.2 Å². The second kappa shape index (κ2) is 5.13. The van der Waals surface area contributed by atoms with Gasteiger partial charge < -0.3 is 4.90 Å². The summed E-state index contributed by atoms with van der Waals surface area (Å²) in [4.78, 5) is 10.7. The number of fused-ring (bicyclic) bond motifs is 1. The summed E-state index contributed by atoms with van der Waals surface area (Å²) in [6.07, 6.45) is 0.757. The number of anilines is 1. The van der Waals surface area contributed by atoms with Gasteiger partial charge in [-0.2, -0.15) is 5.26 Å². The molecule has 0 aliphatic carbocycles. The Morgan fingerprint density at radius 2 is 2.05 bits per heavy atom. The van der Waals surface area contributed by atoms with Gasteiger partial charge in [-0.25, -0.2) is 14.4 Å². The van der Waals surface area contributed by atoms with Gasteiger partial charge in [0.05, 0.1) is 0 Å². The van der Waals surface area contributed by atoms with E-state index in [9.17, 15) is 4.39 Å². The van der Waals surface area contributed by atoms with Crippen molar-refractivity contribution in [1.29, 1.82) is 5.26 Å². The number of nitrogens with zero attached hydrogens (tertiary/aromatic N) is 4. The Bertz CT molecular complexity index is 749. The molecule has 0 amide bonds. The monoisotopic (exact) mass is 282 g/mol. The lowest BCUT2D eigenvalue weighted by molar-refractivity contribution is 0.615. The number of nitriles is 1. The van der Waals surface area contributed by atoms with Crippen LogP contribution < -0.4 is 4.90 Å². The first-order valence-electron chi connectivity index (χ1n) is 6.85. The van der Waals surface area contributed by atoms with Crippen molar-refractivity contribution in [3.05, 3.63) is 52.1 Å². The van der Waals surface area contributed by atoms with Crippen LogP contribution in [0.2, 0.25) is 0 Å². The minimum Gasteiger partial charge on any atom is -0.336 e. The maximum absolute atomic E-state index is 13.5. The van der Waals surface area contributed by atoms with Crippen LogP contribution in [0.25, 0.3) is 0 Å². The maximum atomic E-state index is 13.5. The van der Waals surface area contributed by atoms with E-state index in [0.29, 0.717) is 18.2 Å². The number of benzene rings is 1. The Hall–Kier alpha value is -2.48. The molecule has 21 heavy (non-hydrogen) atoms. The highest BCUT2D eigenvalue weighted by molar-refractivity contribution is 5.45. The third kappa shape index (κ3) is 2.57. The van der Waals surface area contributed by atoms with Gasteiger partial charge in [-0.05, 0) is 55.2 Å². The molecule has 2 heterocycles. The fourth-order valence-corrected chi connectivity index (χ4v) is 2.74. The van der Waals surface area contributed by atoms with Gasteiger partial charge in [0, 0.05) is 18.8 Å². The molecule has 2 aromatic rings. The van der Waals surface area contributed by atoms with Gasteiger partial charge in [0.15, 0.2) is 0 Å². The van der Waals surface area contributed by atoms with E-state index >= 15 is 0 Å². The molecular weight excluding hydrogens is 267 g/mol. The van der Waals surface area contributed by atoms with E-state index in [0.717, 1.165) is 35.3 Å². The van der Waals surface area contributed by atoms with Crippen LogP contribution in [0, 0.1) is 31.0 Å². The van der Waals surface area contributed by atoms with E-state index in [1.165, 1.54) is 0 Å². The minimum atomic E-state index is -0.182. The van der Waals surface area contributed by atoms with Crippen molar-refractivity contribution in [3.63, 3.8) is 0 Å². The van der Waals surface area contributed by atoms with Crippen molar-refractivity contribution in [1.82, 2.24) is 9.97 Å². The largest absolute Gasteiger partial charge is 0.336 e. The number of aryl methyl sites for hydroxylation is 2. The second-order valence-corrected chi connectivity index (χ2v) is 5.34. The predicted octanol–water partition coefficient (Wildman–Crippen LogP) is 2.67. The van der Waals surface area contributed by atoms with E-state index in [-0.39, 0.29) is 5.82 Å². The van der Waals surface area contributed by atoms with Crippen LogP contribution in [0.1, 0.15) is 28.1 Å². The Morgan fingerprint density at radius 1 is 1.24 bits per heavy atom. The molecule has 1 aliphatic rings. The van der Waals surface area contributed by atoms with Crippen LogP contribution >= 0.6 is 0 Å². The van der Waals surface area contributed by atoms with Crippen LogP contribution in [0.3, 0.4) is 0 Å². The average Bonchev–Trinajstić information content (AvgIpc) is 2.46. The summed E-state index contributed by atoms with van der Waals surface area (Å²) in [5, 5.41) is 9.02. The highest BCUT2D eigenvalue weighted by Gasteiger charge is 2.21. The third-order valence-corrected chi connectivity index (χ3v) is 3.77. The molecule has 0 saturated heterocycles. The lowest BCUT2D eigenvalue weighted by atomic mass is 9.95. The molecule has 3 rings (SSSR count). The fourth-order valence-electron chi connectivity index (χ4n) is 2.74. The predicted molar refractivity (Wildman–Crippen MR) is 77.4 cm³/mol. The molecule has 0 atom stereocenters. The van der Waals surface area contributed by atoms with E-state index in [4.69, 9.17) is 5.26 Å². The number of aromatic nitrogens is 2. The lowest BCUT2D eigenvalue weighted by Crippen LogP contribution is -2.32. The number of hydrogen-bond donors (Lipinski definition) is 0. The molecule has 1 aliphatic heterocycles. The molecule has 5 heteroatoms. The first-order valence-corrected chi connectivity index (χ1v) is 6.85. The quantitative estimate of drug-likeness (QED) is 0.807. The minimum absolute atomic E-state index is 0.182. The van der Waals surface area contributed by atoms with Crippen molar-refractivity contribution in [2.75, 3.05) is 11.4 Å². The first-order chi connectivity index (χ1) is 10.1. The molecule has 0 bridgehead atoms. The van der Waals surface area contributed by atoms with Crippen LogP contribution in [0.5, 0.6) is 0 Å². The number of hydrogen-bond acceptors (Lipinski definition) is 4. The molecule has 0 saturated carbocycles. The van der Waals surface area contributed by atoms with Gasteiger partial charge in [0.1, 0.15) is 17.6 Å². The van der Waals surface area contributed by atoms with Gasteiger partial charge >= 0.3 is 0 Å². The highest BCUT2D eigenvalue weighted by atomic mass is 19.1. The molecule has 1 aromatic carbocycles. The second-order valence-electron chi connectivity index (χ2n) is 5.34. The van der Waals surface area contributed by atoms with Crippen LogP contribution in [-0.2, 0) is 13.0 Å². The Labute approximate surface area is 122 Å². The standard InChI is InChI=1S/C16H15FN4/c1-10-5-13(17)7-12-3-4-21(9-15(10)12)16-19-11(2)6-14(8-18)20-16/h5-7H,3-4,9H2,1-2H3. The van der Waals surface area contributed by atoms with Crippen LogP contribution in [0.4, 0.5) is 10.3 Å². The number of rotatable bonds is 1. The Morgan fingerprint density at radius 3 is 2.81 bits per heavy atom. The molecular formula is C16H15FN4. The van der Waals surface area contributed by atoms with Crippen molar-refractivity contribution < 1.29 is 4.39 Å². The van der Waals surface area contributed by atoms with E-state index < -0.39 is 0 Å². The summed E-state index contributed by atoms with van der Waals surface area (Å²) >= 11 is 0. The number of halogens is 1. The topological polar surface area (TPSA) is 52.8 Å². The summed E-state index contributed by atoms with van der Waals surface area (Å²) in [6, 6.07) is 6.89. The molecule has 0 unspecified atom stereocenters. The van der Waals surface area contributed by atoms with Gasteiger partial charge in [0.25, 0.3) is 0 Å². The molecule has 1 aromatic heterocycles. The zero-order valence-electron chi connectivity index (χ0n) is 12.0.